The summed E-state index contributed by atoms with van der Waals surface area (Å²) in [6.45, 7) is -0.0420. The van der Waals surface area contributed by atoms with Crippen LogP contribution in [0.4, 0.5) is 0 Å². The topological polar surface area (TPSA) is 89.3 Å². The first-order chi connectivity index (χ1) is 12.6. The molecule has 0 saturated heterocycles. The molecule has 1 aromatic heterocycles. The van der Waals surface area contributed by atoms with Crippen molar-refractivity contribution in [3.63, 3.8) is 0 Å². The van der Waals surface area contributed by atoms with Crippen molar-refractivity contribution in [2.75, 3.05) is 20.3 Å². The van der Waals surface area contributed by atoms with Gasteiger partial charge in [-0.25, -0.2) is 9.67 Å². The zero-order valence-electron chi connectivity index (χ0n) is 14.0. The number of aliphatic hydroxyl groups excluding tert-OH is 1. The first-order valence-electron chi connectivity index (χ1n) is 7.89. The summed E-state index contributed by atoms with van der Waals surface area (Å²) in [7, 11) is 1.59. The zero-order chi connectivity index (χ0) is 18.5. The van der Waals surface area contributed by atoms with Gasteiger partial charge < -0.3 is 15.2 Å². The van der Waals surface area contributed by atoms with Gasteiger partial charge in [0.1, 0.15) is 5.75 Å². The van der Waals surface area contributed by atoms with Crippen LogP contribution in [0.5, 0.6) is 5.75 Å². The van der Waals surface area contributed by atoms with Gasteiger partial charge in [0.15, 0.2) is 5.82 Å². The third-order valence-electron chi connectivity index (χ3n) is 3.64. The van der Waals surface area contributed by atoms with Gasteiger partial charge in [0, 0.05) is 12.1 Å². The molecule has 0 saturated carbocycles. The fourth-order valence-corrected chi connectivity index (χ4v) is 2.59. The number of rotatable bonds is 6. The molecule has 0 fully saturated rings. The highest BCUT2D eigenvalue weighted by atomic mass is 35.5. The van der Waals surface area contributed by atoms with Crippen LogP contribution >= 0.6 is 11.6 Å². The molecule has 134 valence electrons. The molecule has 0 bridgehead atoms. The number of hydrogen-bond acceptors (Lipinski definition) is 5. The van der Waals surface area contributed by atoms with Crippen molar-refractivity contribution in [2.24, 2.45) is 0 Å². The molecule has 3 rings (SSSR count). The second-order valence-electron chi connectivity index (χ2n) is 5.33. The van der Waals surface area contributed by atoms with E-state index in [1.54, 1.807) is 31.4 Å². The number of nitrogens with one attached hydrogen (secondary N) is 1. The largest absolute Gasteiger partial charge is 0.497 e. The number of aliphatic hydroxyl groups is 1. The van der Waals surface area contributed by atoms with E-state index in [0.717, 1.165) is 5.56 Å². The van der Waals surface area contributed by atoms with Gasteiger partial charge in [-0.15, -0.1) is 5.10 Å². The summed E-state index contributed by atoms with van der Waals surface area (Å²) >= 11 is 6.30. The lowest BCUT2D eigenvalue weighted by molar-refractivity contribution is 0.0934. The van der Waals surface area contributed by atoms with E-state index in [-0.39, 0.29) is 19.0 Å². The maximum absolute atomic E-state index is 12.2. The molecule has 2 aromatic carbocycles. The van der Waals surface area contributed by atoms with E-state index in [9.17, 15) is 4.79 Å². The molecule has 0 aliphatic carbocycles. The number of carbonyl (C=O) groups excluding carboxylic acids is 1. The highest BCUT2D eigenvalue weighted by molar-refractivity contribution is 6.32. The van der Waals surface area contributed by atoms with Crippen molar-refractivity contribution in [3.05, 3.63) is 59.4 Å². The number of hydrogen-bond donors (Lipinski definition) is 2. The van der Waals surface area contributed by atoms with Crippen molar-refractivity contribution in [2.45, 2.75) is 0 Å². The second kappa shape index (κ2) is 7.99. The van der Waals surface area contributed by atoms with Gasteiger partial charge in [-0.05, 0) is 36.4 Å². The number of para-hydroxylation sites is 1. The van der Waals surface area contributed by atoms with Crippen LogP contribution in [0.2, 0.25) is 5.02 Å². The van der Waals surface area contributed by atoms with Crippen LogP contribution in [0.1, 0.15) is 10.6 Å². The standard InChI is InChI=1S/C18H17ClN4O3/c1-26-13-8-6-12(7-9-13)17-21-16(18(25)20-10-11-24)22-23(17)15-5-3-2-4-14(15)19/h2-9,24H,10-11H2,1H3,(H,20,25). The molecule has 0 spiro atoms. The lowest BCUT2D eigenvalue weighted by atomic mass is 10.2. The smallest absolute Gasteiger partial charge is 0.291 e. The molecular formula is C18H17ClN4O3. The third kappa shape index (κ3) is 3.68. The summed E-state index contributed by atoms with van der Waals surface area (Å²) < 4.78 is 6.70. The van der Waals surface area contributed by atoms with E-state index in [1.165, 1.54) is 4.68 Å². The van der Waals surface area contributed by atoms with Crippen LogP contribution < -0.4 is 10.1 Å². The summed E-state index contributed by atoms with van der Waals surface area (Å²) in [5, 5.41) is 16.2. The van der Waals surface area contributed by atoms with Crippen LogP contribution in [0.15, 0.2) is 48.5 Å². The summed E-state index contributed by atoms with van der Waals surface area (Å²) in [5.41, 5.74) is 1.35. The first-order valence-corrected chi connectivity index (χ1v) is 8.27. The van der Waals surface area contributed by atoms with Crippen molar-refractivity contribution in [3.8, 4) is 22.8 Å². The summed E-state index contributed by atoms with van der Waals surface area (Å²) in [4.78, 5) is 16.6. The highest BCUT2D eigenvalue weighted by Gasteiger charge is 2.19. The molecular weight excluding hydrogens is 356 g/mol. The number of halogens is 1. The normalized spacial score (nSPS) is 10.6. The van der Waals surface area contributed by atoms with Gasteiger partial charge in [-0.3, -0.25) is 4.79 Å². The predicted molar refractivity (Wildman–Crippen MR) is 97.8 cm³/mol. The Morgan fingerprint density at radius 2 is 1.96 bits per heavy atom. The average molecular weight is 373 g/mol. The van der Waals surface area contributed by atoms with E-state index < -0.39 is 5.91 Å². The fraction of sp³-hybridized carbons (Fsp3) is 0.167. The minimum absolute atomic E-state index is 0.0100. The maximum atomic E-state index is 12.2. The van der Waals surface area contributed by atoms with Gasteiger partial charge in [0.25, 0.3) is 5.91 Å². The number of ether oxygens (including phenoxy) is 1. The lowest BCUT2D eigenvalue weighted by Gasteiger charge is -2.08. The number of benzene rings is 2. The summed E-state index contributed by atoms with van der Waals surface area (Å²) in [6, 6.07) is 14.4. The number of nitrogens with zero attached hydrogens (tertiary/aromatic N) is 3. The SMILES string of the molecule is COc1ccc(-c2nc(C(=O)NCCO)nn2-c2ccccc2Cl)cc1. The third-order valence-corrected chi connectivity index (χ3v) is 3.96. The van der Waals surface area contributed by atoms with Crippen LogP contribution in [-0.2, 0) is 0 Å². The second-order valence-corrected chi connectivity index (χ2v) is 5.74. The number of aromatic nitrogens is 3. The highest BCUT2D eigenvalue weighted by Crippen LogP contribution is 2.27. The number of carbonyl (C=O) groups is 1. The molecule has 3 aromatic rings. The maximum Gasteiger partial charge on any atom is 0.291 e. The zero-order valence-corrected chi connectivity index (χ0v) is 14.8. The van der Waals surface area contributed by atoms with E-state index in [1.807, 2.05) is 24.3 Å². The Morgan fingerprint density at radius 1 is 1.23 bits per heavy atom. The van der Waals surface area contributed by atoms with Crippen LogP contribution in [0.25, 0.3) is 17.1 Å². The van der Waals surface area contributed by atoms with Crippen molar-refractivity contribution in [1.82, 2.24) is 20.1 Å². The van der Waals surface area contributed by atoms with Crippen molar-refractivity contribution < 1.29 is 14.6 Å². The molecule has 0 aliphatic heterocycles. The van der Waals surface area contributed by atoms with E-state index >= 15 is 0 Å². The van der Waals surface area contributed by atoms with Gasteiger partial charge in [0.05, 0.1) is 24.4 Å². The van der Waals surface area contributed by atoms with Crippen LogP contribution in [0.3, 0.4) is 0 Å². The molecule has 8 heteroatoms. The fourth-order valence-electron chi connectivity index (χ4n) is 2.38. The molecule has 7 nitrogen and oxygen atoms in total. The number of amides is 1. The van der Waals surface area contributed by atoms with E-state index in [2.05, 4.69) is 15.4 Å². The molecule has 0 atom stereocenters. The van der Waals surface area contributed by atoms with E-state index in [0.29, 0.717) is 22.3 Å². The van der Waals surface area contributed by atoms with Crippen LogP contribution in [0, 0.1) is 0 Å². The van der Waals surface area contributed by atoms with Crippen molar-refractivity contribution >= 4 is 17.5 Å². The Bertz CT molecular complexity index is 909. The Morgan fingerprint density at radius 3 is 2.62 bits per heavy atom. The van der Waals surface area contributed by atoms with Crippen LogP contribution in [-0.4, -0.2) is 46.0 Å². The van der Waals surface area contributed by atoms with Gasteiger partial charge in [-0.2, -0.15) is 0 Å². The lowest BCUT2D eigenvalue weighted by Crippen LogP contribution is -2.27. The Balaban J connectivity index is 2.09. The molecule has 1 heterocycles. The monoisotopic (exact) mass is 372 g/mol. The number of methoxy groups -OCH3 is 1. The average Bonchev–Trinajstić information content (AvgIpc) is 3.11. The molecule has 0 unspecified atom stereocenters. The summed E-state index contributed by atoms with van der Waals surface area (Å²) in [5.74, 6) is 0.692. The minimum Gasteiger partial charge on any atom is -0.497 e. The summed E-state index contributed by atoms with van der Waals surface area (Å²) in [6.07, 6.45) is 0. The van der Waals surface area contributed by atoms with Gasteiger partial charge >= 0.3 is 0 Å². The quantitative estimate of drug-likeness (QED) is 0.693. The molecule has 2 N–H and O–H groups in total. The van der Waals surface area contributed by atoms with E-state index in [4.69, 9.17) is 21.4 Å². The van der Waals surface area contributed by atoms with Crippen molar-refractivity contribution in [1.29, 1.82) is 0 Å². The first kappa shape index (κ1) is 17.9. The van der Waals surface area contributed by atoms with Gasteiger partial charge in [0.2, 0.25) is 5.82 Å². The molecule has 0 radical (unpaired) electrons. The Labute approximate surface area is 155 Å². The van der Waals surface area contributed by atoms with Gasteiger partial charge in [-0.1, -0.05) is 23.7 Å². The Kier molecular flexibility index (Phi) is 5.50. The molecule has 1 amide bonds. The molecule has 26 heavy (non-hydrogen) atoms. The minimum atomic E-state index is -0.473. The Hall–Kier alpha value is -2.90. The predicted octanol–water partition coefficient (Wildman–Crippen LogP) is 2.32. The molecule has 0 aliphatic rings.